The molecule has 1 amide bonds. The summed E-state index contributed by atoms with van der Waals surface area (Å²) in [7, 11) is 1.55. The summed E-state index contributed by atoms with van der Waals surface area (Å²) in [6, 6.07) is -0.859. The average molecular weight is 866 g/mol. The highest BCUT2D eigenvalue weighted by molar-refractivity contribution is 7.47. The SMILES string of the molecule is CCC/C=C/CC/C=C/C(O)C(COP(=O)(O)OCC[N+](C)(C)C)NC(=O)CCCCCCCCCCCCCCCCCCCCC/C=C\C/C=C\CCCCCCC. The first-order chi connectivity index (χ1) is 29.0. The number of nitrogens with zero attached hydrogens (tertiary/aromatic N) is 1. The van der Waals surface area contributed by atoms with Crippen LogP contribution in [-0.2, 0) is 18.4 Å². The van der Waals surface area contributed by atoms with Crippen molar-refractivity contribution in [3.8, 4) is 0 Å². The van der Waals surface area contributed by atoms with Crippen LogP contribution in [-0.4, -0.2) is 73.4 Å². The summed E-state index contributed by atoms with van der Waals surface area (Å²) in [6.45, 7) is 4.67. The Morgan fingerprint density at radius 1 is 0.567 bits per heavy atom. The maximum Gasteiger partial charge on any atom is 0.472 e. The number of aliphatic hydroxyl groups excluding tert-OH is 1. The fourth-order valence-electron chi connectivity index (χ4n) is 7.04. The number of nitrogens with one attached hydrogen (secondary N) is 1. The van der Waals surface area contributed by atoms with Crippen molar-refractivity contribution in [3.63, 3.8) is 0 Å². The molecule has 0 rings (SSSR count). The molecule has 3 N–H and O–H groups in total. The predicted molar refractivity (Wildman–Crippen MR) is 258 cm³/mol. The van der Waals surface area contributed by atoms with E-state index in [2.05, 4.69) is 55.6 Å². The van der Waals surface area contributed by atoms with Crippen molar-refractivity contribution in [3.05, 3.63) is 48.6 Å². The maximum atomic E-state index is 12.8. The molecule has 0 fully saturated rings. The third-order valence-corrected chi connectivity index (χ3v) is 12.0. The highest BCUT2D eigenvalue weighted by Gasteiger charge is 2.27. The van der Waals surface area contributed by atoms with Crippen molar-refractivity contribution in [2.75, 3.05) is 40.9 Å². The molecule has 3 atom stereocenters. The second-order valence-electron chi connectivity index (χ2n) is 18.2. The zero-order valence-corrected chi connectivity index (χ0v) is 40.8. The molecular weight excluding hydrogens is 768 g/mol. The summed E-state index contributed by atoms with van der Waals surface area (Å²) in [4.78, 5) is 23.0. The Balaban J connectivity index is 3.92. The van der Waals surface area contributed by atoms with Crippen LogP contribution >= 0.6 is 7.82 Å². The van der Waals surface area contributed by atoms with E-state index in [1.807, 2.05) is 27.2 Å². The fourth-order valence-corrected chi connectivity index (χ4v) is 7.77. The Morgan fingerprint density at radius 3 is 1.48 bits per heavy atom. The summed E-state index contributed by atoms with van der Waals surface area (Å²) >= 11 is 0. The average Bonchev–Trinajstić information content (AvgIpc) is 3.20. The lowest BCUT2D eigenvalue weighted by atomic mass is 10.0. The number of carbonyl (C=O) groups excluding carboxylic acids is 1. The van der Waals surface area contributed by atoms with Crippen molar-refractivity contribution in [1.82, 2.24) is 5.32 Å². The zero-order valence-electron chi connectivity index (χ0n) is 39.9. The minimum atomic E-state index is -4.34. The van der Waals surface area contributed by atoms with Crippen LogP contribution in [0.4, 0.5) is 0 Å². The van der Waals surface area contributed by atoms with Gasteiger partial charge in [0.25, 0.3) is 0 Å². The minimum Gasteiger partial charge on any atom is -0.387 e. The number of phosphoric ester groups is 1. The van der Waals surface area contributed by atoms with Crippen LogP contribution in [0.1, 0.15) is 219 Å². The van der Waals surface area contributed by atoms with Crippen molar-refractivity contribution < 1.29 is 32.9 Å². The second kappa shape index (κ2) is 42.7. The molecule has 0 radical (unpaired) electrons. The van der Waals surface area contributed by atoms with Crippen molar-refractivity contribution in [1.29, 1.82) is 0 Å². The maximum absolute atomic E-state index is 12.8. The van der Waals surface area contributed by atoms with Gasteiger partial charge in [0.1, 0.15) is 13.2 Å². The molecule has 0 aromatic carbocycles. The number of phosphoric acid groups is 1. The van der Waals surface area contributed by atoms with Crippen LogP contribution in [0, 0.1) is 0 Å². The lowest BCUT2D eigenvalue weighted by Crippen LogP contribution is -2.45. The van der Waals surface area contributed by atoms with Gasteiger partial charge in [-0.15, -0.1) is 0 Å². The number of likely N-dealkylation sites (N-methyl/N-ethyl adjacent to an activating group) is 1. The Labute approximate surface area is 371 Å². The molecule has 9 heteroatoms. The van der Waals surface area contributed by atoms with Crippen LogP contribution in [0.15, 0.2) is 48.6 Å². The highest BCUT2D eigenvalue weighted by Crippen LogP contribution is 2.43. The first kappa shape index (κ1) is 58.5. The number of unbranched alkanes of at least 4 members (excludes halogenated alkanes) is 26. The van der Waals surface area contributed by atoms with Gasteiger partial charge in [0, 0.05) is 6.42 Å². The molecule has 0 aliphatic carbocycles. The molecule has 3 unspecified atom stereocenters. The van der Waals surface area contributed by atoms with Gasteiger partial charge in [-0.05, 0) is 57.8 Å². The van der Waals surface area contributed by atoms with Gasteiger partial charge in [-0.25, -0.2) is 4.57 Å². The van der Waals surface area contributed by atoms with Crippen molar-refractivity contribution in [2.24, 2.45) is 0 Å². The summed E-state index contributed by atoms with van der Waals surface area (Å²) in [5.41, 5.74) is 0. The van der Waals surface area contributed by atoms with E-state index in [4.69, 9.17) is 9.05 Å². The lowest BCUT2D eigenvalue weighted by Gasteiger charge is -2.25. The van der Waals surface area contributed by atoms with Crippen molar-refractivity contribution >= 4 is 13.7 Å². The summed E-state index contributed by atoms with van der Waals surface area (Å²) < 4.78 is 23.4. The molecular formula is C51H98N2O6P+. The molecule has 0 heterocycles. The van der Waals surface area contributed by atoms with Gasteiger partial charge in [0.05, 0.1) is 39.9 Å². The topological polar surface area (TPSA) is 105 Å². The minimum absolute atomic E-state index is 0.0556. The van der Waals surface area contributed by atoms with Gasteiger partial charge in [-0.3, -0.25) is 13.8 Å². The van der Waals surface area contributed by atoms with Crippen molar-refractivity contribution in [2.45, 2.75) is 231 Å². The number of carbonyl (C=O) groups is 1. The number of rotatable bonds is 45. The first-order valence-electron chi connectivity index (χ1n) is 25.0. The molecule has 0 saturated heterocycles. The summed E-state index contributed by atoms with van der Waals surface area (Å²) in [5, 5.41) is 13.7. The van der Waals surface area contributed by atoms with Gasteiger partial charge in [0.15, 0.2) is 0 Å². The predicted octanol–water partition coefficient (Wildman–Crippen LogP) is 14.4. The van der Waals surface area contributed by atoms with E-state index in [0.29, 0.717) is 17.4 Å². The van der Waals surface area contributed by atoms with E-state index in [0.717, 1.165) is 51.4 Å². The number of hydrogen-bond acceptors (Lipinski definition) is 5. The molecule has 0 aromatic rings. The summed E-state index contributed by atoms with van der Waals surface area (Å²) in [5.74, 6) is -0.191. The van der Waals surface area contributed by atoms with E-state index in [1.54, 1.807) is 6.08 Å². The van der Waals surface area contributed by atoms with E-state index in [1.165, 1.54) is 148 Å². The van der Waals surface area contributed by atoms with Crippen LogP contribution in [0.5, 0.6) is 0 Å². The zero-order chi connectivity index (χ0) is 44.3. The number of amides is 1. The van der Waals surface area contributed by atoms with Gasteiger partial charge in [-0.2, -0.15) is 0 Å². The first-order valence-corrected chi connectivity index (χ1v) is 26.5. The quantitative estimate of drug-likeness (QED) is 0.0244. The van der Waals surface area contributed by atoms with Crippen LogP contribution in [0.2, 0.25) is 0 Å². The van der Waals surface area contributed by atoms with E-state index >= 15 is 0 Å². The molecule has 60 heavy (non-hydrogen) atoms. The molecule has 0 aliphatic rings. The largest absolute Gasteiger partial charge is 0.472 e. The molecule has 352 valence electrons. The van der Waals surface area contributed by atoms with Gasteiger partial charge in [-0.1, -0.05) is 204 Å². The molecule has 0 aromatic heterocycles. The lowest BCUT2D eigenvalue weighted by molar-refractivity contribution is -0.870. The third kappa shape index (κ3) is 44.5. The van der Waals surface area contributed by atoms with Crippen LogP contribution in [0.25, 0.3) is 0 Å². The monoisotopic (exact) mass is 866 g/mol. The van der Waals surface area contributed by atoms with E-state index < -0.39 is 20.0 Å². The molecule has 8 nitrogen and oxygen atoms in total. The third-order valence-electron chi connectivity index (χ3n) is 11.0. The van der Waals surface area contributed by atoms with Gasteiger partial charge < -0.3 is 19.8 Å². The van der Waals surface area contributed by atoms with E-state index in [9.17, 15) is 19.4 Å². The molecule has 0 bridgehead atoms. The number of allylic oxidation sites excluding steroid dienone is 7. The Bertz CT molecular complexity index is 1120. The summed E-state index contributed by atoms with van der Waals surface area (Å²) in [6.07, 6.45) is 55.3. The number of quaternary nitrogens is 1. The van der Waals surface area contributed by atoms with Crippen LogP contribution < -0.4 is 5.32 Å². The smallest absolute Gasteiger partial charge is 0.387 e. The van der Waals surface area contributed by atoms with E-state index in [-0.39, 0.29) is 19.1 Å². The Kier molecular flexibility index (Phi) is 41.6. The fraction of sp³-hybridized carbons (Fsp3) is 0.824. The Morgan fingerprint density at radius 2 is 1.00 bits per heavy atom. The molecule has 0 spiro atoms. The van der Waals surface area contributed by atoms with Gasteiger partial charge >= 0.3 is 7.82 Å². The second-order valence-corrected chi connectivity index (χ2v) is 19.6. The highest BCUT2D eigenvalue weighted by atomic mass is 31.2. The van der Waals surface area contributed by atoms with Crippen LogP contribution in [0.3, 0.4) is 0 Å². The Hall–Kier alpha value is -1.54. The van der Waals surface area contributed by atoms with Gasteiger partial charge in [0.2, 0.25) is 5.91 Å². The number of hydrogen-bond donors (Lipinski definition) is 3. The molecule has 0 aliphatic heterocycles. The normalized spacial score (nSPS) is 14.6. The molecule has 0 saturated carbocycles. The number of aliphatic hydroxyl groups is 1. The standard InChI is InChI=1S/C51H97N2O6P/c1-6-8-10-12-14-15-16-17-18-19-20-21-22-23-24-25-26-27-28-29-30-31-32-33-34-35-36-37-39-41-43-45-51(55)52-49(50(54)44-42-40-38-13-11-9-7-2)48-59-60(56,57)58-47-46-53(3,4)5/h11,13,16-17,19-20,42,44,49-50,54H,6-10,12,14-15,18,21-41,43,45-48H2,1-5H3,(H-,52,55,56,57)/p+1/b13-11+,17-16-,20-19-,44-42+.